The maximum atomic E-state index is 12.0. The number of ether oxygens (including phenoxy) is 1. The molecule has 20 heavy (non-hydrogen) atoms. The van der Waals surface area contributed by atoms with E-state index in [0.29, 0.717) is 5.69 Å². The minimum Gasteiger partial charge on any atom is -0.436 e. The van der Waals surface area contributed by atoms with Crippen LogP contribution in [0.4, 0.5) is 10.5 Å². The molecular weight excluding hydrogens is 258 g/mol. The molecule has 0 aliphatic rings. The average Bonchev–Trinajstić information content (AvgIpc) is 2.38. The number of rotatable bonds is 6. The minimum atomic E-state index is -1.00. The Hall–Kier alpha value is -2.50. The van der Waals surface area contributed by atoms with Crippen LogP contribution >= 0.6 is 0 Å². The molecule has 2 amide bonds. The van der Waals surface area contributed by atoms with Crippen molar-refractivity contribution in [2.75, 3.05) is 5.73 Å². The van der Waals surface area contributed by atoms with Crippen LogP contribution in [-0.4, -0.2) is 18.1 Å². The zero-order valence-electron chi connectivity index (χ0n) is 11.3. The van der Waals surface area contributed by atoms with Gasteiger partial charge in [0.05, 0.1) is 6.04 Å². The van der Waals surface area contributed by atoms with Gasteiger partial charge < -0.3 is 21.5 Å². The smallest absolute Gasteiger partial charge is 0.405 e. The van der Waals surface area contributed by atoms with E-state index in [1.807, 2.05) is 18.2 Å². The quantitative estimate of drug-likeness (QED) is 0.540. The van der Waals surface area contributed by atoms with Gasteiger partial charge in [-0.1, -0.05) is 24.3 Å². The van der Waals surface area contributed by atoms with E-state index < -0.39 is 18.1 Å². The number of nitrogen functional groups attached to an aromatic ring is 1. The number of nitrogens with one attached hydrogen (secondary N) is 1. The Bertz CT molecular complexity index is 502. The Morgan fingerprint density at radius 2 is 2.10 bits per heavy atom. The second kappa shape index (κ2) is 7.18. The van der Waals surface area contributed by atoms with Gasteiger partial charge >= 0.3 is 6.09 Å². The number of carbonyl (C=O) groups is 2. The lowest BCUT2D eigenvalue weighted by atomic mass is 10.1. The monoisotopic (exact) mass is 277 g/mol. The molecule has 0 saturated carbocycles. The van der Waals surface area contributed by atoms with Gasteiger partial charge in [0.1, 0.15) is 0 Å². The van der Waals surface area contributed by atoms with Crippen LogP contribution in [0.25, 0.3) is 0 Å². The van der Waals surface area contributed by atoms with Crippen LogP contribution in [0.3, 0.4) is 0 Å². The predicted octanol–water partition coefficient (Wildman–Crippen LogP) is 1.49. The second-order valence-corrected chi connectivity index (χ2v) is 4.31. The van der Waals surface area contributed by atoms with E-state index in [-0.39, 0.29) is 12.5 Å². The summed E-state index contributed by atoms with van der Waals surface area (Å²) in [6.45, 7) is 5.30. The molecule has 0 spiro atoms. The summed E-state index contributed by atoms with van der Waals surface area (Å²) in [5.74, 6) is -0.445. The SMILES string of the molecule is C=CCC(OC(N)=O)C(=O)NC(C)c1ccccc1N. The lowest BCUT2D eigenvalue weighted by Gasteiger charge is -2.20. The Morgan fingerprint density at radius 3 is 2.65 bits per heavy atom. The zero-order chi connectivity index (χ0) is 15.1. The summed E-state index contributed by atoms with van der Waals surface area (Å²) in [4.78, 5) is 22.8. The van der Waals surface area contributed by atoms with Crippen LogP contribution in [0.2, 0.25) is 0 Å². The van der Waals surface area contributed by atoms with Gasteiger partial charge in [-0.3, -0.25) is 4.79 Å². The largest absolute Gasteiger partial charge is 0.436 e. The summed E-state index contributed by atoms with van der Waals surface area (Å²) in [6, 6.07) is 6.89. The van der Waals surface area contributed by atoms with Gasteiger partial charge in [0.15, 0.2) is 6.10 Å². The third-order valence-corrected chi connectivity index (χ3v) is 2.75. The molecule has 1 aromatic rings. The minimum absolute atomic E-state index is 0.186. The molecule has 0 saturated heterocycles. The third-order valence-electron chi connectivity index (χ3n) is 2.75. The van der Waals surface area contributed by atoms with Gasteiger partial charge in [-0.05, 0) is 18.6 Å². The number of hydrogen-bond donors (Lipinski definition) is 3. The Labute approximate surface area is 117 Å². The lowest BCUT2D eigenvalue weighted by Crippen LogP contribution is -2.40. The fraction of sp³-hybridized carbons (Fsp3) is 0.286. The van der Waals surface area contributed by atoms with Gasteiger partial charge in [0, 0.05) is 12.1 Å². The van der Waals surface area contributed by atoms with Crippen molar-refractivity contribution in [3.8, 4) is 0 Å². The van der Waals surface area contributed by atoms with Gasteiger partial charge in [0.25, 0.3) is 5.91 Å². The van der Waals surface area contributed by atoms with E-state index in [1.54, 1.807) is 13.0 Å². The first-order valence-electron chi connectivity index (χ1n) is 6.17. The molecule has 2 unspecified atom stereocenters. The summed E-state index contributed by atoms with van der Waals surface area (Å²) in [5, 5.41) is 2.73. The van der Waals surface area contributed by atoms with Crippen molar-refractivity contribution in [2.24, 2.45) is 5.73 Å². The van der Waals surface area contributed by atoms with Crippen molar-refractivity contribution in [2.45, 2.75) is 25.5 Å². The molecule has 0 bridgehead atoms. The number of benzene rings is 1. The first kappa shape index (κ1) is 15.6. The molecule has 0 heterocycles. The highest BCUT2D eigenvalue weighted by Gasteiger charge is 2.22. The summed E-state index contributed by atoms with van der Waals surface area (Å²) < 4.78 is 4.74. The normalized spacial score (nSPS) is 13.1. The van der Waals surface area contributed by atoms with E-state index >= 15 is 0 Å². The van der Waals surface area contributed by atoms with Crippen molar-refractivity contribution in [1.29, 1.82) is 0 Å². The van der Waals surface area contributed by atoms with E-state index in [2.05, 4.69) is 11.9 Å². The Balaban J connectivity index is 2.74. The highest BCUT2D eigenvalue weighted by atomic mass is 16.6. The number of para-hydroxylation sites is 1. The molecule has 1 aromatic carbocycles. The molecule has 0 fully saturated rings. The van der Waals surface area contributed by atoms with E-state index in [4.69, 9.17) is 16.2 Å². The van der Waals surface area contributed by atoms with Crippen LogP contribution < -0.4 is 16.8 Å². The number of amides is 2. The summed E-state index contributed by atoms with van der Waals surface area (Å²) in [5.41, 5.74) is 12.1. The number of anilines is 1. The van der Waals surface area contributed by atoms with Crippen molar-refractivity contribution < 1.29 is 14.3 Å². The molecular formula is C14H19N3O3. The third kappa shape index (κ3) is 4.31. The number of carbonyl (C=O) groups excluding carboxylic acids is 2. The van der Waals surface area contributed by atoms with Crippen molar-refractivity contribution >= 4 is 17.7 Å². The fourth-order valence-corrected chi connectivity index (χ4v) is 1.79. The van der Waals surface area contributed by atoms with Crippen LogP contribution in [0, 0.1) is 0 Å². The van der Waals surface area contributed by atoms with E-state index in [1.165, 1.54) is 6.08 Å². The molecule has 6 nitrogen and oxygen atoms in total. The topological polar surface area (TPSA) is 107 Å². The number of hydrogen-bond acceptors (Lipinski definition) is 4. The van der Waals surface area contributed by atoms with Crippen molar-refractivity contribution in [3.05, 3.63) is 42.5 Å². The van der Waals surface area contributed by atoms with E-state index in [0.717, 1.165) is 5.56 Å². The number of nitrogens with two attached hydrogens (primary N) is 2. The molecule has 5 N–H and O–H groups in total. The number of primary amides is 1. The highest BCUT2D eigenvalue weighted by Crippen LogP contribution is 2.19. The van der Waals surface area contributed by atoms with Crippen LogP contribution in [0.15, 0.2) is 36.9 Å². The predicted molar refractivity (Wildman–Crippen MR) is 76.7 cm³/mol. The van der Waals surface area contributed by atoms with Gasteiger partial charge in [0.2, 0.25) is 0 Å². The van der Waals surface area contributed by atoms with Crippen molar-refractivity contribution in [3.63, 3.8) is 0 Å². The van der Waals surface area contributed by atoms with Gasteiger partial charge in [-0.25, -0.2) is 4.79 Å². The highest BCUT2D eigenvalue weighted by molar-refractivity contribution is 5.83. The van der Waals surface area contributed by atoms with Crippen LogP contribution in [0.1, 0.15) is 24.9 Å². The standard InChI is InChI=1S/C14H19N3O3/c1-3-6-12(20-14(16)19)13(18)17-9(2)10-7-4-5-8-11(10)15/h3-5,7-9,12H,1,6,15H2,2H3,(H2,16,19)(H,17,18). The summed E-state index contributed by atoms with van der Waals surface area (Å²) >= 11 is 0. The molecule has 0 aliphatic carbocycles. The van der Waals surface area contributed by atoms with Crippen molar-refractivity contribution in [1.82, 2.24) is 5.32 Å². The van der Waals surface area contributed by atoms with Crippen LogP contribution in [0.5, 0.6) is 0 Å². The average molecular weight is 277 g/mol. The molecule has 108 valence electrons. The maximum Gasteiger partial charge on any atom is 0.405 e. The zero-order valence-corrected chi connectivity index (χ0v) is 11.3. The molecule has 0 radical (unpaired) electrons. The van der Waals surface area contributed by atoms with E-state index in [9.17, 15) is 9.59 Å². The first-order chi connectivity index (χ1) is 9.45. The molecule has 1 rings (SSSR count). The van der Waals surface area contributed by atoms with Gasteiger partial charge in [-0.15, -0.1) is 6.58 Å². The summed E-state index contributed by atoms with van der Waals surface area (Å²) in [6.07, 6.45) is -0.322. The first-order valence-corrected chi connectivity index (χ1v) is 6.17. The lowest BCUT2D eigenvalue weighted by molar-refractivity contribution is -0.129. The van der Waals surface area contributed by atoms with Crippen LogP contribution in [-0.2, 0) is 9.53 Å². The molecule has 6 heteroatoms. The Kier molecular flexibility index (Phi) is 5.58. The Morgan fingerprint density at radius 1 is 1.45 bits per heavy atom. The molecule has 0 aliphatic heterocycles. The summed E-state index contributed by atoms with van der Waals surface area (Å²) in [7, 11) is 0. The molecule has 2 atom stereocenters. The maximum absolute atomic E-state index is 12.0. The fourth-order valence-electron chi connectivity index (χ4n) is 1.79. The molecule has 0 aromatic heterocycles. The van der Waals surface area contributed by atoms with Gasteiger partial charge in [-0.2, -0.15) is 0 Å². The second-order valence-electron chi connectivity index (χ2n) is 4.31.